The van der Waals surface area contributed by atoms with E-state index in [4.69, 9.17) is 9.47 Å². The molecule has 0 N–H and O–H groups in total. The molecule has 1 aromatic carbocycles. The zero-order valence-electron chi connectivity index (χ0n) is 14.5. The highest BCUT2D eigenvalue weighted by molar-refractivity contribution is 5.92. The lowest BCUT2D eigenvalue weighted by Gasteiger charge is -2.31. The maximum atomic E-state index is 12.5. The molecule has 1 saturated heterocycles. The van der Waals surface area contributed by atoms with Crippen molar-refractivity contribution in [1.29, 1.82) is 0 Å². The maximum Gasteiger partial charge on any atom is 0.246 e. The minimum atomic E-state index is -0.000370. The summed E-state index contributed by atoms with van der Waals surface area (Å²) in [6.45, 7) is 1.42. The molecule has 0 spiro atoms. The second-order valence-electron chi connectivity index (χ2n) is 5.90. The summed E-state index contributed by atoms with van der Waals surface area (Å²) in [6.07, 6.45) is 8.59. The molecule has 2 heterocycles. The first-order valence-corrected chi connectivity index (χ1v) is 8.24. The summed E-state index contributed by atoms with van der Waals surface area (Å²) in [5, 5.41) is 4.19. The Hall–Kier alpha value is -2.83. The molecule has 25 heavy (non-hydrogen) atoms. The molecule has 1 aromatic heterocycles. The standard InChI is InChI=1S/C18H22N4O3/c1-24-16-7-5-14(10-17(16)25-2)6-8-18(23)21-9-3-4-15(11-21)22-13-19-12-20-22/h5-8,10,12-13,15H,3-4,9,11H2,1-2H3/b8-6+/t15-/m1/s1. The van der Waals surface area contributed by atoms with E-state index in [9.17, 15) is 4.79 Å². The van der Waals surface area contributed by atoms with Gasteiger partial charge in [-0.05, 0) is 36.6 Å². The van der Waals surface area contributed by atoms with Gasteiger partial charge in [0, 0.05) is 19.2 Å². The Bertz CT molecular complexity index is 743. The zero-order chi connectivity index (χ0) is 17.6. The predicted octanol–water partition coefficient (Wildman–Crippen LogP) is 2.17. The fourth-order valence-corrected chi connectivity index (χ4v) is 3.01. The maximum absolute atomic E-state index is 12.5. The van der Waals surface area contributed by atoms with Crippen LogP contribution in [0.3, 0.4) is 0 Å². The normalized spacial score (nSPS) is 17.7. The summed E-state index contributed by atoms with van der Waals surface area (Å²) in [5.41, 5.74) is 0.885. The van der Waals surface area contributed by atoms with Gasteiger partial charge in [-0.15, -0.1) is 0 Å². The van der Waals surface area contributed by atoms with Crippen molar-refractivity contribution in [2.24, 2.45) is 0 Å². The monoisotopic (exact) mass is 342 g/mol. The lowest BCUT2D eigenvalue weighted by atomic mass is 10.1. The van der Waals surface area contributed by atoms with Gasteiger partial charge >= 0.3 is 0 Å². The highest BCUT2D eigenvalue weighted by atomic mass is 16.5. The van der Waals surface area contributed by atoms with Crippen LogP contribution in [0.4, 0.5) is 0 Å². The van der Waals surface area contributed by atoms with Crippen LogP contribution < -0.4 is 9.47 Å². The summed E-state index contributed by atoms with van der Waals surface area (Å²) < 4.78 is 12.3. The lowest BCUT2D eigenvalue weighted by Crippen LogP contribution is -2.40. The number of amides is 1. The van der Waals surface area contributed by atoms with Gasteiger partial charge in [-0.1, -0.05) is 6.07 Å². The average Bonchev–Trinajstić information content (AvgIpc) is 3.20. The van der Waals surface area contributed by atoms with E-state index in [1.807, 2.05) is 27.8 Å². The van der Waals surface area contributed by atoms with Gasteiger partial charge in [-0.2, -0.15) is 5.10 Å². The molecule has 2 aromatic rings. The number of methoxy groups -OCH3 is 2. The number of piperidine rings is 1. The van der Waals surface area contributed by atoms with Crippen molar-refractivity contribution >= 4 is 12.0 Å². The Morgan fingerprint density at radius 3 is 2.84 bits per heavy atom. The lowest BCUT2D eigenvalue weighted by molar-refractivity contribution is -0.127. The molecule has 7 heteroatoms. The van der Waals surface area contributed by atoms with Gasteiger partial charge in [0.05, 0.1) is 20.3 Å². The third-order valence-electron chi connectivity index (χ3n) is 4.34. The molecule has 0 aliphatic carbocycles. The molecule has 0 radical (unpaired) electrons. The number of ether oxygens (including phenoxy) is 2. The fourth-order valence-electron chi connectivity index (χ4n) is 3.01. The van der Waals surface area contributed by atoms with Crippen molar-refractivity contribution in [3.8, 4) is 11.5 Å². The zero-order valence-corrected chi connectivity index (χ0v) is 14.5. The second kappa shape index (κ2) is 7.83. The molecule has 0 unspecified atom stereocenters. The van der Waals surface area contributed by atoms with E-state index in [2.05, 4.69) is 10.1 Å². The van der Waals surface area contributed by atoms with Gasteiger partial charge in [0.25, 0.3) is 0 Å². The number of hydrogen-bond acceptors (Lipinski definition) is 5. The van der Waals surface area contributed by atoms with E-state index in [0.717, 1.165) is 24.9 Å². The van der Waals surface area contributed by atoms with Gasteiger partial charge in [-0.25, -0.2) is 9.67 Å². The number of nitrogens with zero attached hydrogens (tertiary/aromatic N) is 4. The topological polar surface area (TPSA) is 69.5 Å². The Balaban J connectivity index is 1.66. The Morgan fingerprint density at radius 1 is 1.28 bits per heavy atom. The molecule has 0 bridgehead atoms. The molecule has 1 amide bonds. The number of likely N-dealkylation sites (tertiary alicyclic amines) is 1. The molecule has 132 valence electrons. The quantitative estimate of drug-likeness (QED) is 0.779. The molecule has 3 rings (SSSR count). The van der Waals surface area contributed by atoms with E-state index in [-0.39, 0.29) is 11.9 Å². The minimum absolute atomic E-state index is 0.000370. The second-order valence-corrected chi connectivity index (χ2v) is 5.90. The summed E-state index contributed by atoms with van der Waals surface area (Å²) in [4.78, 5) is 18.3. The minimum Gasteiger partial charge on any atom is -0.493 e. The highest BCUT2D eigenvalue weighted by Crippen LogP contribution is 2.28. The van der Waals surface area contributed by atoms with Crippen LogP contribution in [-0.2, 0) is 4.79 Å². The first-order valence-electron chi connectivity index (χ1n) is 8.24. The van der Waals surface area contributed by atoms with Crippen molar-refractivity contribution in [1.82, 2.24) is 19.7 Å². The number of aromatic nitrogens is 3. The molecule has 0 saturated carbocycles. The largest absolute Gasteiger partial charge is 0.493 e. The van der Waals surface area contributed by atoms with E-state index in [1.165, 1.54) is 6.33 Å². The third kappa shape index (κ3) is 3.99. The number of carbonyl (C=O) groups is 1. The van der Waals surface area contributed by atoms with Crippen LogP contribution in [0.25, 0.3) is 6.08 Å². The van der Waals surface area contributed by atoms with Gasteiger partial charge in [0.1, 0.15) is 12.7 Å². The molecular formula is C18H22N4O3. The van der Waals surface area contributed by atoms with Crippen LogP contribution in [0.2, 0.25) is 0 Å². The van der Waals surface area contributed by atoms with Crippen LogP contribution in [0.15, 0.2) is 36.9 Å². The first kappa shape index (κ1) is 17.0. The molecule has 1 atom stereocenters. The Morgan fingerprint density at radius 2 is 2.12 bits per heavy atom. The molecule has 1 fully saturated rings. The highest BCUT2D eigenvalue weighted by Gasteiger charge is 2.23. The summed E-state index contributed by atoms with van der Waals surface area (Å²) in [7, 11) is 3.19. The van der Waals surface area contributed by atoms with Crippen molar-refractivity contribution in [3.05, 3.63) is 42.5 Å². The third-order valence-corrected chi connectivity index (χ3v) is 4.34. The molecular weight excluding hydrogens is 320 g/mol. The fraction of sp³-hybridized carbons (Fsp3) is 0.389. The van der Waals surface area contributed by atoms with Crippen molar-refractivity contribution in [2.75, 3.05) is 27.3 Å². The van der Waals surface area contributed by atoms with Crippen LogP contribution in [0.5, 0.6) is 11.5 Å². The molecule has 1 aliphatic heterocycles. The SMILES string of the molecule is COc1ccc(/C=C/C(=O)N2CCC[C@@H](n3cncn3)C2)cc1OC. The van der Waals surface area contributed by atoms with Crippen molar-refractivity contribution in [3.63, 3.8) is 0 Å². The van der Waals surface area contributed by atoms with Crippen molar-refractivity contribution < 1.29 is 14.3 Å². The van der Waals surface area contributed by atoms with Gasteiger partial charge in [0.15, 0.2) is 11.5 Å². The number of benzene rings is 1. The van der Waals surface area contributed by atoms with Crippen LogP contribution in [0, 0.1) is 0 Å². The Kier molecular flexibility index (Phi) is 5.33. The average molecular weight is 342 g/mol. The van der Waals surface area contributed by atoms with Crippen LogP contribution in [0.1, 0.15) is 24.4 Å². The van der Waals surface area contributed by atoms with E-state index in [1.54, 1.807) is 32.7 Å². The van der Waals surface area contributed by atoms with Gasteiger partial charge in [-0.3, -0.25) is 4.79 Å². The van der Waals surface area contributed by atoms with E-state index >= 15 is 0 Å². The number of rotatable bonds is 5. The van der Waals surface area contributed by atoms with Crippen molar-refractivity contribution in [2.45, 2.75) is 18.9 Å². The first-order chi connectivity index (χ1) is 12.2. The molecule has 1 aliphatic rings. The number of carbonyl (C=O) groups excluding carboxylic acids is 1. The predicted molar refractivity (Wildman–Crippen MR) is 93.5 cm³/mol. The van der Waals surface area contributed by atoms with Crippen LogP contribution >= 0.6 is 0 Å². The van der Waals surface area contributed by atoms with E-state index < -0.39 is 0 Å². The summed E-state index contributed by atoms with van der Waals surface area (Å²) >= 11 is 0. The van der Waals surface area contributed by atoms with E-state index in [0.29, 0.717) is 18.0 Å². The summed E-state index contributed by atoms with van der Waals surface area (Å²) in [6, 6.07) is 5.75. The van der Waals surface area contributed by atoms with Gasteiger partial charge in [0.2, 0.25) is 5.91 Å². The van der Waals surface area contributed by atoms with Crippen LogP contribution in [-0.4, -0.2) is 52.9 Å². The smallest absolute Gasteiger partial charge is 0.246 e. The Labute approximate surface area is 146 Å². The summed E-state index contributed by atoms with van der Waals surface area (Å²) in [5.74, 6) is 1.30. The van der Waals surface area contributed by atoms with Gasteiger partial charge < -0.3 is 14.4 Å². The molecule has 7 nitrogen and oxygen atoms in total. The number of hydrogen-bond donors (Lipinski definition) is 0.